The Balaban J connectivity index is 1.51. The summed E-state index contributed by atoms with van der Waals surface area (Å²) in [5.41, 5.74) is 1.66. The summed E-state index contributed by atoms with van der Waals surface area (Å²) in [4.78, 5) is 16.3. The number of carbonyl (C=O) groups excluding carboxylic acids is 1. The zero-order valence-electron chi connectivity index (χ0n) is 12.9. The second-order valence-corrected chi connectivity index (χ2v) is 6.86. The third-order valence-electron chi connectivity index (χ3n) is 3.18. The van der Waals surface area contributed by atoms with Gasteiger partial charge in [0.25, 0.3) is 0 Å². The van der Waals surface area contributed by atoms with Gasteiger partial charge in [-0.05, 0) is 23.8 Å². The number of halogens is 2. The quantitative estimate of drug-likeness (QED) is 0.614. The summed E-state index contributed by atoms with van der Waals surface area (Å²) in [6.07, 6.45) is 0.559. The average Bonchev–Trinajstić information content (AvgIpc) is 3.05. The van der Waals surface area contributed by atoms with Gasteiger partial charge in [0.2, 0.25) is 17.0 Å². The molecule has 1 heterocycles. The fourth-order valence-electron chi connectivity index (χ4n) is 2.04. The molecule has 25 heavy (non-hydrogen) atoms. The lowest BCUT2D eigenvalue weighted by Crippen LogP contribution is -2.14. The van der Waals surface area contributed by atoms with Gasteiger partial charge in [0, 0.05) is 5.69 Å². The van der Waals surface area contributed by atoms with Crippen molar-refractivity contribution in [2.24, 2.45) is 0 Å². The fraction of sp³-hybridized carbons (Fsp3) is 0.118. The van der Waals surface area contributed by atoms with Gasteiger partial charge in [-0.1, -0.05) is 70.5 Å². The van der Waals surface area contributed by atoms with Crippen molar-refractivity contribution in [2.45, 2.75) is 11.6 Å². The van der Waals surface area contributed by atoms with E-state index in [0.717, 1.165) is 5.56 Å². The van der Waals surface area contributed by atoms with E-state index < -0.39 is 0 Å². The van der Waals surface area contributed by atoms with Crippen LogP contribution in [0.5, 0.6) is 0 Å². The summed E-state index contributed by atoms with van der Waals surface area (Å²) in [6.45, 7) is 0. The van der Waals surface area contributed by atoms with Crippen LogP contribution in [0.1, 0.15) is 11.5 Å². The highest BCUT2D eigenvalue weighted by Gasteiger charge is 2.11. The second kappa shape index (κ2) is 8.38. The molecule has 0 atom stereocenters. The lowest BCUT2D eigenvalue weighted by Gasteiger charge is -2.05. The molecule has 1 aromatic heterocycles. The van der Waals surface area contributed by atoms with E-state index in [9.17, 15) is 4.79 Å². The molecular formula is C17H13Cl2N3O2S. The number of hydrogen-bond donors (Lipinski definition) is 1. The predicted octanol–water partition coefficient (Wildman–Crippen LogP) is 4.70. The van der Waals surface area contributed by atoms with Crippen LogP contribution in [0.2, 0.25) is 10.0 Å². The first-order valence-corrected chi connectivity index (χ1v) is 9.08. The number of nitrogens with zero attached hydrogens (tertiary/aromatic N) is 2. The molecule has 0 spiro atoms. The van der Waals surface area contributed by atoms with Gasteiger partial charge >= 0.3 is 0 Å². The Kier molecular flexibility index (Phi) is 5.96. The van der Waals surface area contributed by atoms with E-state index in [2.05, 4.69) is 15.5 Å². The molecule has 0 fully saturated rings. The molecule has 0 unspecified atom stereocenters. The Hall–Kier alpha value is -2.02. The molecule has 0 aliphatic carbocycles. The number of rotatable bonds is 6. The molecule has 8 heteroatoms. The van der Waals surface area contributed by atoms with Crippen molar-refractivity contribution >= 4 is 46.6 Å². The number of amides is 1. The minimum Gasteiger partial charge on any atom is -0.338 e. The summed E-state index contributed by atoms with van der Waals surface area (Å²) >= 11 is 13.0. The van der Waals surface area contributed by atoms with Gasteiger partial charge in [-0.3, -0.25) is 4.79 Å². The van der Waals surface area contributed by atoms with E-state index in [4.69, 9.17) is 27.7 Å². The maximum atomic E-state index is 12.0. The number of thioether (sulfide) groups is 1. The molecular weight excluding hydrogens is 381 g/mol. The predicted molar refractivity (Wildman–Crippen MR) is 99.4 cm³/mol. The van der Waals surface area contributed by atoms with E-state index in [1.807, 2.05) is 30.3 Å². The average molecular weight is 394 g/mol. The number of benzene rings is 2. The van der Waals surface area contributed by atoms with Crippen LogP contribution in [0.15, 0.2) is 58.2 Å². The molecule has 128 valence electrons. The second-order valence-electron chi connectivity index (χ2n) is 5.10. The largest absolute Gasteiger partial charge is 0.338 e. The van der Waals surface area contributed by atoms with Gasteiger partial charge < -0.3 is 9.84 Å². The van der Waals surface area contributed by atoms with Gasteiger partial charge in [-0.15, -0.1) is 0 Å². The maximum absolute atomic E-state index is 12.0. The lowest BCUT2D eigenvalue weighted by molar-refractivity contribution is -0.113. The van der Waals surface area contributed by atoms with Gasteiger partial charge in [0.15, 0.2) is 0 Å². The zero-order valence-corrected chi connectivity index (χ0v) is 15.2. The van der Waals surface area contributed by atoms with Crippen molar-refractivity contribution in [2.75, 3.05) is 11.1 Å². The third-order valence-corrected chi connectivity index (χ3v) is 4.75. The first kappa shape index (κ1) is 17.8. The van der Waals surface area contributed by atoms with Crippen LogP contribution in [-0.2, 0) is 11.2 Å². The molecule has 0 radical (unpaired) electrons. The van der Waals surface area contributed by atoms with Gasteiger partial charge in [0.1, 0.15) is 0 Å². The standard InChI is InChI=1S/C17H13Cl2N3O2S/c18-13-7-6-12(9-14(13)19)20-15(23)10-25-17-21-16(24-22-17)8-11-4-2-1-3-5-11/h1-7,9H,8,10H2,(H,20,23). The number of anilines is 1. The lowest BCUT2D eigenvalue weighted by atomic mass is 10.2. The summed E-state index contributed by atoms with van der Waals surface area (Å²) < 4.78 is 5.20. The summed E-state index contributed by atoms with van der Waals surface area (Å²) in [7, 11) is 0. The van der Waals surface area contributed by atoms with Gasteiger partial charge in [0.05, 0.1) is 22.2 Å². The van der Waals surface area contributed by atoms with Crippen molar-refractivity contribution in [3.63, 3.8) is 0 Å². The van der Waals surface area contributed by atoms with E-state index in [-0.39, 0.29) is 11.7 Å². The highest BCUT2D eigenvalue weighted by molar-refractivity contribution is 7.99. The van der Waals surface area contributed by atoms with Crippen molar-refractivity contribution in [1.29, 1.82) is 0 Å². The monoisotopic (exact) mass is 393 g/mol. The maximum Gasteiger partial charge on any atom is 0.234 e. The van der Waals surface area contributed by atoms with Crippen LogP contribution >= 0.6 is 35.0 Å². The summed E-state index contributed by atoms with van der Waals surface area (Å²) in [6, 6.07) is 14.7. The Bertz CT molecular complexity index is 871. The van der Waals surface area contributed by atoms with Gasteiger partial charge in [-0.2, -0.15) is 4.98 Å². The molecule has 0 aliphatic rings. The van der Waals surface area contributed by atoms with Crippen LogP contribution in [0.4, 0.5) is 5.69 Å². The summed E-state index contributed by atoms with van der Waals surface area (Å²) in [5.74, 6) is 0.473. The SMILES string of the molecule is O=C(CSc1noc(Cc2ccccc2)n1)Nc1ccc(Cl)c(Cl)c1. The number of nitrogens with one attached hydrogen (secondary N) is 1. The highest BCUT2D eigenvalue weighted by atomic mass is 35.5. The van der Waals surface area contributed by atoms with E-state index in [0.29, 0.717) is 33.2 Å². The molecule has 5 nitrogen and oxygen atoms in total. The Morgan fingerprint density at radius 1 is 1.12 bits per heavy atom. The van der Waals surface area contributed by atoms with Crippen molar-refractivity contribution < 1.29 is 9.32 Å². The minimum atomic E-state index is -0.196. The van der Waals surface area contributed by atoms with E-state index in [1.165, 1.54) is 11.8 Å². The zero-order chi connectivity index (χ0) is 17.6. The minimum absolute atomic E-state index is 0.157. The fourth-order valence-corrected chi connectivity index (χ4v) is 2.93. The van der Waals surface area contributed by atoms with Crippen LogP contribution < -0.4 is 5.32 Å². The van der Waals surface area contributed by atoms with Crippen LogP contribution in [0.3, 0.4) is 0 Å². The van der Waals surface area contributed by atoms with Crippen molar-refractivity contribution in [3.05, 3.63) is 70.0 Å². The van der Waals surface area contributed by atoms with Crippen LogP contribution in [0, 0.1) is 0 Å². The van der Waals surface area contributed by atoms with E-state index >= 15 is 0 Å². The molecule has 1 amide bonds. The van der Waals surface area contributed by atoms with Crippen molar-refractivity contribution in [3.8, 4) is 0 Å². The molecule has 3 aromatic rings. The number of aromatic nitrogens is 2. The smallest absolute Gasteiger partial charge is 0.234 e. The first-order valence-electron chi connectivity index (χ1n) is 7.34. The third kappa shape index (κ3) is 5.22. The Morgan fingerprint density at radius 3 is 2.68 bits per heavy atom. The summed E-state index contributed by atoms with van der Waals surface area (Å²) in [5, 5.41) is 7.86. The molecule has 3 rings (SSSR count). The first-order chi connectivity index (χ1) is 12.1. The van der Waals surface area contributed by atoms with E-state index in [1.54, 1.807) is 18.2 Å². The van der Waals surface area contributed by atoms with Crippen LogP contribution in [0.25, 0.3) is 0 Å². The molecule has 0 saturated carbocycles. The molecule has 0 bridgehead atoms. The Morgan fingerprint density at radius 2 is 1.92 bits per heavy atom. The molecule has 2 aromatic carbocycles. The number of carbonyl (C=O) groups is 1. The normalized spacial score (nSPS) is 10.6. The topological polar surface area (TPSA) is 68.0 Å². The molecule has 0 aliphatic heterocycles. The van der Waals surface area contributed by atoms with Gasteiger partial charge in [-0.25, -0.2) is 0 Å². The molecule has 1 N–H and O–H groups in total. The highest BCUT2D eigenvalue weighted by Crippen LogP contribution is 2.25. The molecule has 0 saturated heterocycles. The van der Waals surface area contributed by atoms with Crippen molar-refractivity contribution in [1.82, 2.24) is 10.1 Å². The van der Waals surface area contributed by atoms with Crippen LogP contribution in [-0.4, -0.2) is 21.8 Å². The number of hydrogen-bond acceptors (Lipinski definition) is 5. The Labute approximate surface area is 158 Å².